The van der Waals surface area contributed by atoms with Crippen molar-refractivity contribution in [3.63, 3.8) is 0 Å². The molecule has 2 N–H and O–H groups in total. The third kappa shape index (κ3) is 5.22. The molecule has 4 aromatic rings. The van der Waals surface area contributed by atoms with Crippen LogP contribution in [0.5, 0.6) is 5.75 Å². The summed E-state index contributed by atoms with van der Waals surface area (Å²) in [6.07, 6.45) is 0.891. The molecule has 10 nitrogen and oxygen atoms in total. The largest absolute Gasteiger partial charge is 0.497 e. The van der Waals surface area contributed by atoms with Gasteiger partial charge in [-0.1, -0.05) is 42.5 Å². The van der Waals surface area contributed by atoms with Crippen LogP contribution in [0, 0.1) is 5.82 Å². The number of rotatable bonds is 8. The zero-order valence-corrected chi connectivity index (χ0v) is 21.4. The van der Waals surface area contributed by atoms with Gasteiger partial charge >= 0.3 is 17.1 Å². The highest BCUT2D eigenvalue weighted by Crippen LogP contribution is 2.20. The smallest absolute Gasteiger partial charge is 0.341 e. The van der Waals surface area contributed by atoms with Crippen molar-refractivity contribution in [2.45, 2.75) is 24.0 Å². The van der Waals surface area contributed by atoms with Gasteiger partial charge in [-0.25, -0.2) is 40.9 Å². The Balaban J connectivity index is 1.99. The maximum absolute atomic E-state index is 14.9. The molecule has 0 radical (unpaired) electrons. The van der Waals surface area contributed by atoms with E-state index in [9.17, 15) is 27.2 Å². The first-order valence-electron chi connectivity index (χ1n) is 11.4. The minimum Gasteiger partial charge on any atom is -0.497 e. The first-order chi connectivity index (χ1) is 18.0. The molecule has 0 saturated carbocycles. The second-order valence-corrected chi connectivity index (χ2v) is 10.6. The SMILES string of the molecule is COc1cccc(-n2c(=O)n(Cc3c(F)cccc3S(C)(=O)=O)c(=O)n(CC(N)c3ccccc3)c2=O)c1. The highest BCUT2D eigenvalue weighted by Gasteiger charge is 2.23. The van der Waals surface area contributed by atoms with Crippen LogP contribution in [0.2, 0.25) is 0 Å². The normalized spacial score (nSPS) is 12.3. The third-order valence-electron chi connectivity index (χ3n) is 6.02. The number of ether oxygens (including phenoxy) is 1. The van der Waals surface area contributed by atoms with Gasteiger partial charge in [-0.05, 0) is 29.8 Å². The summed E-state index contributed by atoms with van der Waals surface area (Å²) in [5.41, 5.74) is 3.52. The van der Waals surface area contributed by atoms with E-state index in [1.807, 2.05) is 0 Å². The number of halogens is 1. The van der Waals surface area contributed by atoms with Crippen molar-refractivity contribution in [3.8, 4) is 11.4 Å². The van der Waals surface area contributed by atoms with Gasteiger partial charge in [0.25, 0.3) is 0 Å². The molecule has 0 aliphatic rings. The van der Waals surface area contributed by atoms with Gasteiger partial charge in [-0.2, -0.15) is 0 Å². The molecule has 0 amide bonds. The molecule has 0 spiro atoms. The van der Waals surface area contributed by atoms with Gasteiger partial charge in [-0.3, -0.25) is 0 Å². The summed E-state index contributed by atoms with van der Waals surface area (Å²) < 4.78 is 46.9. The maximum Gasteiger partial charge on any atom is 0.341 e. The van der Waals surface area contributed by atoms with E-state index in [0.29, 0.717) is 15.9 Å². The van der Waals surface area contributed by atoms with Crippen molar-refractivity contribution in [2.75, 3.05) is 13.4 Å². The summed E-state index contributed by atoms with van der Waals surface area (Å²) in [6.45, 7) is -1.04. The number of hydrogen-bond acceptors (Lipinski definition) is 7. The lowest BCUT2D eigenvalue weighted by atomic mass is 10.1. The molecule has 0 aliphatic carbocycles. The molecule has 198 valence electrons. The molecule has 0 aliphatic heterocycles. The van der Waals surface area contributed by atoms with E-state index in [2.05, 4.69) is 0 Å². The predicted octanol–water partition coefficient (Wildman–Crippen LogP) is 1.46. The van der Waals surface area contributed by atoms with Gasteiger partial charge in [0.1, 0.15) is 11.6 Å². The van der Waals surface area contributed by atoms with Gasteiger partial charge in [0.15, 0.2) is 9.84 Å². The Morgan fingerprint density at radius 2 is 1.55 bits per heavy atom. The van der Waals surface area contributed by atoms with Crippen molar-refractivity contribution < 1.29 is 17.5 Å². The lowest BCUT2D eigenvalue weighted by Crippen LogP contribution is -2.55. The molecule has 0 bridgehead atoms. The molecule has 38 heavy (non-hydrogen) atoms. The minimum absolute atomic E-state index is 0.0898. The number of sulfone groups is 1. The predicted molar refractivity (Wildman–Crippen MR) is 139 cm³/mol. The second-order valence-electron chi connectivity index (χ2n) is 8.59. The van der Waals surface area contributed by atoms with Crippen LogP contribution < -0.4 is 27.5 Å². The van der Waals surface area contributed by atoms with Crippen LogP contribution in [0.1, 0.15) is 17.2 Å². The standard InChI is InChI=1S/C26H25FN4O6S/c1-37-19-11-6-10-18(14-19)31-25(33)29(15-20-21(27)12-7-13-23(20)38(2,35)36)24(32)30(26(31)34)16-22(28)17-8-4-3-5-9-17/h3-14,22H,15-16,28H2,1-2H3. The van der Waals surface area contributed by atoms with E-state index in [1.165, 1.54) is 31.4 Å². The van der Waals surface area contributed by atoms with Gasteiger partial charge in [-0.15, -0.1) is 0 Å². The van der Waals surface area contributed by atoms with Crippen molar-refractivity contribution in [3.05, 3.63) is 121 Å². The molecule has 3 aromatic carbocycles. The van der Waals surface area contributed by atoms with Crippen molar-refractivity contribution in [1.29, 1.82) is 0 Å². The molecular formula is C26H25FN4O6S. The van der Waals surface area contributed by atoms with Crippen LogP contribution in [0.15, 0.2) is 92.1 Å². The fraction of sp³-hybridized carbons (Fsp3) is 0.192. The van der Waals surface area contributed by atoms with E-state index >= 15 is 0 Å². The van der Waals surface area contributed by atoms with Gasteiger partial charge in [0, 0.05) is 23.9 Å². The summed E-state index contributed by atoms with van der Waals surface area (Å²) in [7, 11) is -2.51. The number of hydrogen-bond donors (Lipinski definition) is 1. The average Bonchev–Trinajstić information content (AvgIpc) is 2.89. The van der Waals surface area contributed by atoms with E-state index in [4.69, 9.17) is 10.5 Å². The number of nitrogens with two attached hydrogens (primary N) is 1. The van der Waals surface area contributed by atoms with E-state index in [1.54, 1.807) is 42.5 Å². The summed E-state index contributed by atoms with van der Waals surface area (Å²) in [5.74, 6) is -0.585. The monoisotopic (exact) mass is 540 g/mol. The quantitative estimate of drug-likeness (QED) is 0.357. The first kappa shape index (κ1) is 26.8. The molecule has 1 unspecified atom stereocenters. The first-order valence-corrected chi connectivity index (χ1v) is 13.3. The highest BCUT2D eigenvalue weighted by atomic mass is 32.2. The number of benzene rings is 3. The molecular weight excluding hydrogens is 515 g/mol. The molecule has 0 fully saturated rings. The Kier molecular flexibility index (Phi) is 7.46. The Bertz CT molecular complexity index is 1780. The fourth-order valence-electron chi connectivity index (χ4n) is 4.09. The zero-order chi connectivity index (χ0) is 27.6. The third-order valence-corrected chi connectivity index (χ3v) is 7.20. The molecule has 4 rings (SSSR count). The summed E-state index contributed by atoms with van der Waals surface area (Å²) >= 11 is 0. The highest BCUT2D eigenvalue weighted by molar-refractivity contribution is 7.90. The maximum atomic E-state index is 14.9. The van der Waals surface area contributed by atoms with Crippen LogP contribution in [-0.4, -0.2) is 35.5 Å². The van der Waals surface area contributed by atoms with Crippen LogP contribution in [0.3, 0.4) is 0 Å². The summed E-state index contributed by atoms with van der Waals surface area (Å²) in [5, 5.41) is 0. The lowest BCUT2D eigenvalue weighted by molar-refractivity contribution is 0.414. The average molecular weight is 541 g/mol. The Morgan fingerprint density at radius 3 is 2.21 bits per heavy atom. The van der Waals surface area contributed by atoms with Crippen LogP contribution in [0.25, 0.3) is 5.69 Å². The Morgan fingerprint density at radius 1 is 0.895 bits per heavy atom. The molecule has 1 heterocycles. The minimum atomic E-state index is -3.92. The second kappa shape index (κ2) is 10.6. The topological polar surface area (TPSA) is 135 Å². The van der Waals surface area contributed by atoms with Crippen molar-refractivity contribution >= 4 is 9.84 Å². The van der Waals surface area contributed by atoms with Crippen LogP contribution >= 0.6 is 0 Å². The zero-order valence-electron chi connectivity index (χ0n) is 20.6. The van der Waals surface area contributed by atoms with E-state index < -0.39 is 45.3 Å². The summed E-state index contributed by atoms with van der Waals surface area (Å²) in [6, 6.07) is 17.4. The number of methoxy groups -OCH3 is 1. The number of aromatic nitrogens is 3. The number of nitrogens with zero attached hydrogens (tertiary/aromatic N) is 3. The van der Waals surface area contributed by atoms with Gasteiger partial charge < -0.3 is 10.5 Å². The molecule has 1 aromatic heterocycles. The van der Waals surface area contributed by atoms with Crippen molar-refractivity contribution in [2.24, 2.45) is 5.73 Å². The molecule has 12 heteroatoms. The summed E-state index contributed by atoms with van der Waals surface area (Å²) in [4.78, 5) is 40.2. The molecule has 1 atom stereocenters. The van der Waals surface area contributed by atoms with Gasteiger partial charge in [0.05, 0.1) is 30.8 Å². The fourth-order valence-corrected chi connectivity index (χ4v) is 5.03. The Hall–Kier alpha value is -4.29. The van der Waals surface area contributed by atoms with E-state index in [0.717, 1.165) is 21.5 Å². The van der Waals surface area contributed by atoms with Gasteiger partial charge in [0.2, 0.25) is 0 Å². The van der Waals surface area contributed by atoms with Crippen LogP contribution in [0.4, 0.5) is 4.39 Å². The van der Waals surface area contributed by atoms with E-state index in [-0.39, 0.29) is 22.7 Å². The molecule has 0 saturated heterocycles. The van der Waals surface area contributed by atoms with Crippen molar-refractivity contribution in [1.82, 2.24) is 13.7 Å². The van der Waals surface area contributed by atoms with Crippen LogP contribution in [-0.2, 0) is 22.9 Å². The Labute approximate surface area is 216 Å². The lowest BCUT2D eigenvalue weighted by Gasteiger charge is -2.18.